The number of aromatic nitrogens is 12. The Balaban J connectivity index is 0.000000210. The number of Topliss-reactive ketones (excluding diaryl/α,β-unsaturated/α-hetero) is 4. The molecule has 12 heterocycles. The zero-order valence-electron chi connectivity index (χ0n) is 88.1. The number of pyridine rings is 4. The van der Waals surface area contributed by atoms with Crippen molar-refractivity contribution in [1.29, 1.82) is 0 Å². The first-order valence-electron chi connectivity index (χ1n) is 52.2. The number of benzene rings is 4. The Hall–Kier alpha value is -12.5. The van der Waals surface area contributed by atoms with Gasteiger partial charge in [0.25, 0.3) is 22.2 Å². The number of hydrogen-bond donors (Lipinski definition) is 4. The van der Waals surface area contributed by atoms with Gasteiger partial charge < -0.3 is 78.1 Å². The highest BCUT2D eigenvalue weighted by atomic mass is 35.5. The van der Waals surface area contributed by atoms with Crippen molar-refractivity contribution in [2.75, 3.05) is 120 Å². The van der Waals surface area contributed by atoms with Crippen LogP contribution in [0.1, 0.15) is 259 Å². The zero-order chi connectivity index (χ0) is 106. The van der Waals surface area contributed by atoms with Crippen LogP contribution in [0.15, 0.2) is 141 Å². The van der Waals surface area contributed by atoms with Gasteiger partial charge in [-0.2, -0.15) is 19.9 Å². The van der Waals surface area contributed by atoms with Crippen LogP contribution in [-0.4, -0.2) is 160 Å². The molecule has 4 N–H and O–H groups in total. The number of hydrogen-bond acceptors (Lipinski definition) is 28. The van der Waals surface area contributed by atoms with Crippen LogP contribution in [-0.2, 0) is 38.8 Å². The van der Waals surface area contributed by atoms with E-state index in [0.717, 1.165) is 189 Å². The number of carbonyl (C=O) groups excluding carboxylic acids is 4. The Labute approximate surface area is 877 Å². The van der Waals surface area contributed by atoms with E-state index in [2.05, 4.69) is 108 Å². The summed E-state index contributed by atoms with van der Waals surface area (Å²) in [6, 6.07) is 29.5. The number of carbonyl (C=O) groups is 4. The van der Waals surface area contributed by atoms with Gasteiger partial charge in [-0.15, -0.1) is 0 Å². The molecule has 0 saturated carbocycles. The van der Waals surface area contributed by atoms with E-state index in [1.165, 1.54) is 38.5 Å². The number of anilines is 12. The Bertz CT molecular complexity index is 6090. The molecule has 4 aromatic carbocycles. The average molecular weight is 2080 g/mol. The second-order valence-electron chi connectivity index (χ2n) is 35.6. The van der Waals surface area contributed by atoms with Crippen molar-refractivity contribution in [3.8, 4) is 23.0 Å². The van der Waals surface area contributed by atoms with E-state index in [9.17, 15) is 38.4 Å². The van der Waals surface area contributed by atoms with Crippen molar-refractivity contribution in [3.05, 3.63) is 183 Å². The summed E-state index contributed by atoms with van der Waals surface area (Å²) in [5.74, 6) is 5.24. The van der Waals surface area contributed by atoms with Crippen LogP contribution in [0.25, 0.3) is 43.6 Å². The van der Waals surface area contributed by atoms with Gasteiger partial charge in [-0.25, -0.2) is 19.9 Å². The van der Waals surface area contributed by atoms with Crippen molar-refractivity contribution in [3.63, 3.8) is 0 Å². The van der Waals surface area contributed by atoms with Gasteiger partial charge in [0.1, 0.15) is 46.5 Å². The van der Waals surface area contributed by atoms with Crippen LogP contribution in [0.4, 0.5) is 69.8 Å². The summed E-state index contributed by atoms with van der Waals surface area (Å²) in [6.45, 7) is 42.2. The van der Waals surface area contributed by atoms with Crippen molar-refractivity contribution in [2.24, 2.45) is 0 Å². The van der Waals surface area contributed by atoms with Gasteiger partial charge >= 0.3 is 0 Å². The van der Waals surface area contributed by atoms with Crippen molar-refractivity contribution in [2.45, 2.75) is 278 Å². The van der Waals surface area contributed by atoms with E-state index < -0.39 is 0 Å². The van der Waals surface area contributed by atoms with Crippen molar-refractivity contribution < 1.29 is 38.1 Å². The summed E-state index contributed by atoms with van der Waals surface area (Å²) >= 11 is 25.6. The highest BCUT2D eigenvalue weighted by Crippen LogP contribution is 2.36. The lowest BCUT2D eigenvalue weighted by molar-refractivity contribution is -0.121. The van der Waals surface area contributed by atoms with E-state index in [1.807, 2.05) is 135 Å². The highest BCUT2D eigenvalue weighted by molar-refractivity contribution is 6.34. The number of ketones is 4. The third kappa shape index (κ3) is 33.0. The number of ether oxygens (including phenoxy) is 4. The number of piperidine rings is 4. The Kier molecular flexibility index (Phi) is 48.5. The van der Waals surface area contributed by atoms with Crippen LogP contribution < -0.4 is 82.1 Å². The number of nitrogens with one attached hydrogen (secondary N) is 4. The molecule has 4 aliphatic rings. The van der Waals surface area contributed by atoms with Crippen molar-refractivity contribution in [1.82, 2.24) is 58.1 Å². The summed E-state index contributed by atoms with van der Waals surface area (Å²) in [5.41, 5.74) is 5.32. The lowest BCUT2D eigenvalue weighted by Gasteiger charge is -2.27. The molecule has 4 fully saturated rings. The van der Waals surface area contributed by atoms with E-state index >= 15 is 0 Å². The van der Waals surface area contributed by atoms with Gasteiger partial charge in [-0.1, -0.05) is 163 Å². The average Bonchev–Trinajstić information content (AvgIpc) is 0.792. The molecule has 0 amide bonds. The predicted molar refractivity (Wildman–Crippen MR) is 597 cm³/mol. The second kappa shape index (κ2) is 60.6. The van der Waals surface area contributed by atoms with Crippen LogP contribution >= 0.6 is 46.4 Å². The first kappa shape index (κ1) is 117. The van der Waals surface area contributed by atoms with Gasteiger partial charge in [0.2, 0.25) is 23.8 Å². The molecule has 36 heteroatoms. The number of nitrogens with zero attached hydrogens (tertiary/aromatic N) is 16. The zero-order valence-corrected chi connectivity index (χ0v) is 91.2. The summed E-state index contributed by atoms with van der Waals surface area (Å²) in [5, 5.41) is 18.2. The number of rotatable bonds is 35. The molecule has 788 valence electrons. The van der Waals surface area contributed by atoms with Crippen LogP contribution in [0.2, 0.25) is 20.1 Å². The molecule has 0 atom stereocenters. The van der Waals surface area contributed by atoms with Crippen LogP contribution in [0.3, 0.4) is 0 Å². The first-order chi connectivity index (χ1) is 70.7. The molecule has 146 heavy (non-hydrogen) atoms. The number of aryl methyl sites for hydroxylation is 3. The molecule has 12 aromatic rings. The largest absolute Gasteiger partial charge is 0.480 e. The molecule has 4 aliphatic heterocycles. The Morgan fingerprint density at radius 2 is 0.527 bits per heavy atom. The SMILES string of the molecule is CC.CC.CCC.CCC.CCC(=O)COc1cc2cc(Nc3nc(N4CCCCC4)ncc3Cl)ccc2n(C(C)C)c1=O.CCCn1c(=O)c(OCC(=O)CC)cc2cc(Nc3nc(N4CCCCC4)ncc3Cl)ccc21.CCCn1c(=O)c(OCC(=O)CC)cc2cc(Nc3nc(N4CCCCC4)ncc3Cl)ccc21.CCCn1c(=O)c(OCC(=O)CC)cc2cc(Nc3nc(N4CCCCC4)ncc3Cl)ccc21. The fraction of sp³-hybridized carbons (Fsp3) is 0.491. The fourth-order valence-electron chi connectivity index (χ4n) is 16.3. The highest BCUT2D eigenvalue weighted by Gasteiger charge is 2.25. The molecular weight excluding hydrogens is 1940 g/mol. The summed E-state index contributed by atoms with van der Waals surface area (Å²) in [4.78, 5) is 144. The van der Waals surface area contributed by atoms with Gasteiger partial charge in [-0.05, 0) is 207 Å². The van der Waals surface area contributed by atoms with Gasteiger partial charge in [-0.3, -0.25) is 38.4 Å². The molecule has 0 bridgehead atoms. The minimum atomic E-state index is -0.253. The van der Waals surface area contributed by atoms with Crippen LogP contribution in [0.5, 0.6) is 23.0 Å². The third-order valence-electron chi connectivity index (χ3n) is 23.7. The molecule has 8 aromatic heterocycles. The number of halogens is 4. The van der Waals surface area contributed by atoms with Gasteiger partial charge in [0.15, 0.2) is 69.4 Å². The standard InChI is InChI=1S/4C25H30ClN5O3.2C3H8.2C2H6/c1-4-19(32)15-34-22-13-17-12-18(8-9-21(17)31(16(2)3)24(22)33)28-23-20(26)14-27-25(29-23)30-10-6-5-7-11-30;3*1-3-10-31-21-9-8-18(13-17(21)14-22(24(31)33)34-16-19(32)4-2)28-23-20(26)15-27-25(29-23)30-11-6-5-7-12-30;2*1-3-2;2*1-2/h8-9,12-14,16H,4-7,10-11,15H2,1-3H3,(H,27,28,29);3*8-9,13-15H,3-7,10-12,16H2,1-2H3,(H,27,28,29);2*3H2,1-2H3;2*1-2H3. The summed E-state index contributed by atoms with van der Waals surface area (Å²) < 4.78 is 29.1. The summed E-state index contributed by atoms with van der Waals surface area (Å²) in [7, 11) is 0. The van der Waals surface area contributed by atoms with E-state index in [-0.39, 0.29) is 101 Å². The maximum absolute atomic E-state index is 13.0. The lowest BCUT2D eigenvalue weighted by Crippen LogP contribution is -2.31. The van der Waals surface area contributed by atoms with Crippen LogP contribution in [0, 0.1) is 0 Å². The molecule has 16 rings (SSSR count). The molecule has 0 aliphatic carbocycles. The minimum Gasteiger partial charge on any atom is -0.480 e. The monoisotopic (exact) mass is 2080 g/mol. The predicted octanol–water partition coefficient (Wildman–Crippen LogP) is 24.8. The Morgan fingerprint density at radius 1 is 0.315 bits per heavy atom. The fourth-order valence-corrected chi connectivity index (χ4v) is 16.9. The summed E-state index contributed by atoms with van der Waals surface area (Å²) in [6.07, 6.45) is 26.8. The van der Waals surface area contributed by atoms with E-state index in [0.29, 0.717) is 112 Å². The maximum atomic E-state index is 13.0. The normalized spacial score (nSPS) is 13.2. The van der Waals surface area contributed by atoms with Gasteiger partial charge in [0, 0.05) is 148 Å². The lowest BCUT2D eigenvalue weighted by atomic mass is 10.1. The van der Waals surface area contributed by atoms with E-state index in [4.69, 9.17) is 65.4 Å². The second-order valence-corrected chi connectivity index (χ2v) is 37.2. The maximum Gasteiger partial charge on any atom is 0.293 e. The van der Waals surface area contributed by atoms with Gasteiger partial charge in [0.05, 0.1) is 46.9 Å². The van der Waals surface area contributed by atoms with E-state index in [1.54, 1.807) is 95.0 Å². The molecule has 0 unspecified atom stereocenters. The smallest absolute Gasteiger partial charge is 0.293 e. The molecule has 0 radical (unpaired) electrons. The third-order valence-corrected chi connectivity index (χ3v) is 24.8. The molecule has 32 nitrogen and oxygen atoms in total. The number of fused-ring (bicyclic) bond motifs is 4. The Morgan fingerprint density at radius 3 is 0.740 bits per heavy atom. The first-order valence-corrected chi connectivity index (χ1v) is 53.7. The molecular formula is C110H148Cl4N20O12. The topological polar surface area (TPSA) is 357 Å². The van der Waals surface area contributed by atoms with Crippen molar-refractivity contribution >= 4 is 183 Å². The molecule has 4 saturated heterocycles. The molecule has 0 spiro atoms. The quantitative estimate of drug-likeness (QED) is 0.0287. The minimum absolute atomic E-state index is 0.0557.